The van der Waals surface area contributed by atoms with Crippen molar-refractivity contribution >= 4 is 34.3 Å². The Kier molecular flexibility index (Phi) is 7.13. The minimum Gasteiger partial charge on any atom is -0.379 e. The highest BCUT2D eigenvalue weighted by Crippen LogP contribution is 2.25. The second-order valence-electron chi connectivity index (χ2n) is 6.11. The van der Waals surface area contributed by atoms with Crippen molar-refractivity contribution in [3.63, 3.8) is 0 Å². The van der Waals surface area contributed by atoms with E-state index in [1.165, 1.54) is 30.6 Å². The van der Waals surface area contributed by atoms with E-state index in [9.17, 15) is 4.79 Å². The molecule has 2 fully saturated rings. The third-order valence-electron chi connectivity index (χ3n) is 4.30. The first-order valence-electron chi connectivity index (χ1n) is 8.63. The number of carbonyl (C=O) groups excluding carboxylic acids is 1. The van der Waals surface area contributed by atoms with Crippen LogP contribution in [0.25, 0.3) is 0 Å². The van der Waals surface area contributed by atoms with Crippen molar-refractivity contribution in [1.29, 1.82) is 0 Å². The Bertz CT molecular complexity index is 516. The van der Waals surface area contributed by atoms with Gasteiger partial charge in [0.25, 0.3) is 0 Å². The molecule has 1 aliphatic heterocycles. The van der Waals surface area contributed by atoms with Gasteiger partial charge in [0, 0.05) is 31.4 Å². The van der Waals surface area contributed by atoms with E-state index in [4.69, 9.17) is 4.74 Å². The third kappa shape index (κ3) is 5.87. The highest BCUT2D eigenvalue weighted by Gasteiger charge is 2.17. The maximum absolute atomic E-state index is 12.0. The Morgan fingerprint density at radius 2 is 2.04 bits per heavy atom. The Morgan fingerprint density at radius 1 is 1.25 bits per heavy atom. The molecule has 1 aromatic heterocycles. The van der Waals surface area contributed by atoms with E-state index in [2.05, 4.69) is 25.7 Å². The van der Waals surface area contributed by atoms with Crippen molar-refractivity contribution in [2.24, 2.45) is 0 Å². The van der Waals surface area contributed by atoms with Crippen LogP contribution in [0.1, 0.15) is 32.1 Å². The summed E-state index contributed by atoms with van der Waals surface area (Å²) in [5.41, 5.74) is 0. The molecule has 9 heteroatoms. The maximum Gasteiger partial charge on any atom is 0.321 e. The Labute approximate surface area is 150 Å². The van der Waals surface area contributed by atoms with Gasteiger partial charge in [0.15, 0.2) is 4.34 Å². The van der Waals surface area contributed by atoms with Crippen LogP contribution in [-0.4, -0.2) is 65.8 Å². The van der Waals surface area contributed by atoms with Crippen LogP contribution in [0.2, 0.25) is 0 Å². The topological polar surface area (TPSA) is 79.4 Å². The molecule has 24 heavy (non-hydrogen) atoms. The number of urea groups is 1. The molecule has 0 unspecified atom stereocenters. The van der Waals surface area contributed by atoms with Crippen molar-refractivity contribution in [2.45, 2.75) is 42.5 Å². The van der Waals surface area contributed by atoms with Crippen LogP contribution in [0.3, 0.4) is 0 Å². The lowest BCUT2D eigenvalue weighted by atomic mass is 9.96. The van der Waals surface area contributed by atoms with E-state index in [-0.39, 0.29) is 6.03 Å². The van der Waals surface area contributed by atoms with Gasteiger partial charge in [-0.15, -0.1) is 10.2 Å². The first kappa shape index (κ1) is 17.9. The van der Waals surface area contributed by atoms with Gasteiger partial charge in [0.05, 0.1) is 13.2 Å². The number of amides is 2. The van der Waals surface area contributed by atoms with Gasteiger partial charge in [-0.05, 0) is 12.8 Å². The lowest BCUT2D eigenvalue weighted by molar-refractivity contribution is 0.0410. The molecule has 0 aromatic carbocycles. The largest absolute Gasteiger partial charge is 0.379 e. The molecule has 1 aromatic rings. The van der Waals surface area contributed by atoms with Gasteiger partial charge < -0.3 is 10.1 Å². The van der Waals surface area contributed by atoms with Gasteiger partial charge >= 0.3 is 6.03 Å². The second-order valence-corrected chi connectivity index (χ2v) is 8.43. The first-order valence-corrected chi connectivity index (χ1v) is 10.4. The number of thioether (sulfide) groups is 1. The minimum absolute atomic E-state index is 0.164. The van der Waals surface area contributed by atoms with E-state index in [1.807, 2.05) is 0 Å². The fourth-order valence-electron chi connectivity index (χ4n) is 2.97. The number of hydrogen-bond acceptors (Lipinski definition) is 7. The molecule has 7 nitrogen and oxygen atoms in total. The molecular formula is C15H25N5O2S2. The molecule has 1 aliphatic carbocycles. The number of nitrogens with one attached hydrogen (secondary N) is 2. The summed E-state index contributed by atoms with van der Waals surface area (Å²) in [6.45, 7) is 4.69. The van der Waals surface area contributed by atoms with Crippen molar-refractivity contribution < 1.29 is 9.53 Å². The number of aromatic nitrogens is 2. The highest BCUT2D eigenvalue weighted by molar-refractivity contribution is 8.01. The zero-order valence-corrected chi connectivity index (χ0v) is 15.5. The van der Waals surface area contributed by atoms with Crippen LogP contribution in [0.5, 0.6) is 0 Å². The second kappa shape index (κ2) is 9.55. The Balaban J connectivity index is 1.35. The standard InChI is InChI=1S/C15H25N5O2S2/c21-13(16-12-4-2-1-3-5-12)17-14-18-19-15(24-14)23-11-8-20-6-9-22-10-7-20/h12H,1-11H2,(H2,16,17,18,21). The molecule has 0 radical (unpaired) electrons. The van der Waals surface area contributed by atoms with Crippen molar-refractivity contribution in [1.82, 2.24) is 20.4 Å². The molecule has 2 amide bonds. The molecular weight excluding hydrogens is 346 g/mol. The van der Waals surface area contributed by atoms with Crippen LogP contribution < -0.4 is 10.6 Å². The number of rotatable bonds is 6. The fraction of sp³-hybridized carbons (Fsp3) is 0.800. The first-order chi connectivity index (χ1) is 11.8. The molecule has 1 saturated carbocycles. The minimum atomic E-state index is -0.164. The number of hydrogen-bond donors (Lipinski definition) is 2. The van der Waals surface area contributed by atoms with Crippen LogP contribution in [0, 0.1) is 0 Å². The predicted molar refractivity (Wildman–Crippen MR) is 96.9 cm³/mol. The molecule has 1 saturated heterocycles. The number of carbonyl (C=O) groups is 1. The van der Waals surface area contributed by atoms with Crippen LogP contribution >= 0.6 is 23.1 Å². The normalized spacial score (nSPS) is 20.0. The summed E-state index contributed by atoms with van der Waals surface area (Å²) in [5.74, 6) is 0.975. The monoisotopic (exact) mass is 371 g/mol. The fourth-order valence-corrected chi connectivity index (χ4v) is 4.79. The van der Waals surface area contributed by atoms with Gasteiger partial charge in [-0.3, -0.25) is 10.2 Å². The summed E-state index contributed by atoms with van der Waals surface area (Å²) >= 11 is 3.12. The van der Waals surface area contributed by atoms with E-state index >= 15 is 0 Å². The van der Waals surface area contributed by atoms with Gasteiger partial charge in [-0.1, -0.05) is 42.4 Å². The average Bonchev–Trinajstić information content (AvgIpc) is 3.04. The van der Waals surface area contributed by atoms with E-state index in [1.54, 1.807) is 11.8 Å². The van der Waals surface area contributed by atoms with Gasteiger partial charge in [-0.2, -0.15) is 0 Å². The highest BCUT2D eigenvalue weighted by atomic mass is 32.2. The summed E-state index contributed by atoms with van der Waals surface area (Å²) in [7, 11) is 0. The van der Waals surface area contributed by atoms with Crippen LogP contribution in [0.4, 0.5) is 9.93 Å². The van der Waals surface area contributed by atoms with Crippen LogP contribution in [-0.2, 0) is 4.74 Å². The number of morpholine rings is 1. The molecule has 3 rings (SSSR count). The summed E-state index contributed by atoms with van der Waals surface area (Å²) in [4.78, 5) is 14.4. The summed E-state index contributed by atoms with van der Waals surface area (Å²) in [6, 6.07) is 0.136. The van der Waals surface area contributed by atoms with E-state index < -0.39 is 0 Å². The number of ether oxygens (including phenoxy) is 1. The molecule has 2 aliphatic rings. The van der Waals surface area contributed by atoms with Crippen LogP contribution in [0.15, 0.2) is 4.34 Å². The lowest BCUT2D eigenvalue weighted by Crippen LogP contribution is -2.38. The summed E-state index contributed by atoms with van der Waals surface area (Å²) < 4.78 is 6.24. The molecule has 134 valence electrons. The molecule has 0 atom stereocenters. The zero-order chi connectivity index (χ0) is 16.6. The van der Waals surface area contributed by atoms with Gasteiger partial charge in [0.1, 0.15) is 0 Å². The quantitative estimate of drug-likeness (QED) is 0.591. The molecule has 0 bridgehead atoms. The molecule has 2 heterocycles. The summed E-state index contributed by atoms with van der Waals surface area (Å²) in [6.07, 6.45) is 5.83. The average molecular weight is 372 g/mol. The lowest BCUT2D eigenvalue weighted by Gasteiger charge is -2.25. The van der Waals surface area contributed by atoms with Gasteiger partial charge in [-0.25, -0.2) is 4.79 Å². The molecule has 0 spiro atoms. The summed E-state index contributed by atoms with van der Waals surface area (Å²) in [5, 5.41) is 14.6. The SMILES string of the molecule is O=C(Nc1nnc(SCCN2CCOCC2)s1)NC1CCCCC1. The zero-order valence-electron chi connectivity index (χ0n) is 13.8. The van der Waals surface area contributed by atoms with E-state index in [0.717, 1.165) is 55.8 Å². The maximum atomic E-state index is 12.0. The number of nitrogens with zero attached hydrogens (tertiary/aromatic N) is 3. The predicted octanol–water partition coefficient (Wildman–Crippen LogP) is 2.42. The Morgan fingerprint density at radius 3 is 2.83 bits per heavy atom. The Hall–Kier alpha value is -0.900. The third-order valence-corrected chi connectivity index (χ3v) is 6.26. The number of anilines is 1. The van der Waals surface area contributed by atoms with Crippen molar-refractivity contribution in [2.75, 3.05) is 43.9 Å². The van der Waals surface area contributed by atoms with Crippen molar-refractivity contribution in [3.8, 4) is 0 Å². The van der Waals surface area contributed by atoms with Crippen molar-refractivity contribution in [3.05, 3.63) is 0 Å². The van der Waals surface area contributed by atoms with E-state index in [0.29, 0.717) is 11.2 Å². The van der Waals surface area contributed by atoms with Gasteiger partial charge in [0.2, 0.25) is 5.13 Å². The molecule has 2 N–H and O–H groups in total. The smallest absolute Gasteiger partial charge is 0.321 e.